The minimum Gasteiger partial charge on any atom is -0.246 e. The Morgan fingerprint density at radius 3 is 3.09 bits per heavy atom. The summed E-state index contributed by atoms with van der Waals surface area (Å²) in [6.07, 6.45) is 1.45. The quantitative estimate of drug-likeness (QED) is 0.584. The molecule has 2 nitrogen and oxygen atoms in total. The molecule has 0 saturated carbocycles. The van der Waals surface area contributed by atoms with Crippen molar-refractivity contribution in [1.82, 2.24) is 5.32 Å². The van der Waals surface area contributed by atoms with E-state index in [1.165, 1.54) is 6.34 Å². The lowest BCUT2D eigenvalue weighted by Gasteiger charge is -1.99. The van der Waals surface area contributed by atoms with Gasteiger partial charge in [-0.3, -0.25) is 0 Å². The largest absolute Gasteiger partial charge is 0.246 e. The van der Waals surface area contributed by atoms with Crippen molar-refractivity contribution < 1.29 is 4.39 Å². The van der Waals surface area contributed by atoms with Gasteiger partial charge in [0.05, 0.1) is 11.4 Å². The Morgan fingerprint density at radius 1 is 1.36 bits per heavy atom. The fourth-order valence-corrected chi connectivity index (χ4v) is 1.09. The summed E-state index contributed by atoms with van der Waals surface area (Å²) in [4.78, 5) is 3.95. The van der Waals surface area contributed by atoms with Gasteiger partial charge in [-0.2, -0.15) is 0 Å². The molecule has 1 heterocycles. The first-order valence-corrected chi connectivity index (χ1v) is 3.33. The third kappa shape index (κ3) is 0.888. The van der Waals surface area contributed by atoms with Gasteiger partial charge in [0.1, 0.15) is 13.0 Å². The minimum atomic E-state index is -0.476. The summed E-state index contributed by atoms with van der Waals surface area (Å²) in [6, 6.07) is 5.32. The molecule has 0 spiro atoms. The topological polar surface area (TPSA) is 26.5 Å². The van der Waals surface area contributed by atoms with Gasteiger partial charge in [-0.25, -0.2) is 14.7 Å². The number of benzene rings is 1. The number of alkyl halides is 1. The van der Waals surface area contributed by atoms with Crippen molar-refractivity contribution in [2.75, 3.05) is 0 Å². The molecule has 0 atom stereocenters. The summed E-state index contributed by atoms with van der Waals surface area (Å²) in [6.45, 7) is -0.476. The van der Waals surface area contributed by atoms with Crippen molar-refractivity contribution in [2.45, 2.75) is 6.67 Å². The molecule has 0 aromatic heterocycles. The first-order valence-electron chi connectivity index (χ1n) is 3.33. The van der Waals surface area contributed by atoms with Crippen molar-refractivity contribution in [3.63, 3.8) is 0 Å². The molecule has 55 valence electrons. The van der Waals surface area contributed by atoms with Crippen LogP contribution < -0.4 is 5.32 Å². The molecule has 0 unspecified atom stereocenters. The lowest BCUT2D eigenvalue weighted by Crippen LogP contribution is -1.90. The van der Waals surface area contributed by atoms with Crippen LogP contribution >= 0.6 is 0 Å². The highest BCUT2D eigenvalue weighted by Crippen LogP contribution is 2.31. The van der Waals surface area contributed by atoms with E-state index in [0.717, 1.165) is 5.69 Å². The molecule has 1 aliphatic heterocycles. The number of hydrogen-bond acceptors (Lipinski definition) is 1. The van der Waals surface area contributed by atoms with Gasteiger partial charge in [0.2, 0.25) is 0 Å². The van der Waals surface area contributed by atoms with Crippen molar-refractivity contribution in [3.05, 3.63) is 23.8 Å². The van der Waals surface area contributed by atoms with E-state index in [-0.39, 0.29) is 0 Å². The summed E-state index contributed by atoms with van der Waals surface area (Å²) >= 11 is 0. The smallest absolute Gasteiger partial charge is 0.117 e. The van der Waals surface area contributed by atoms with Gasteiger partial charge < -0.3 is 0 Å². The van der Waals surface area contributed by atoms with Crippen LogP contribution in [0.5, 0.6) is 0 Å². The molecule has 1 aliphatic rings. The Bertz CT molecular complexity index is 307. The minimum absolute atomic E-state index is 0.476. The Kier molecular flexibility index (Phi) is 1.35. The fraction of sp³-hybridized carbons (Fsp3) is 0.125. The zero-order chi connectivity index (χ0) is 7.68. The molecule has 0 fully saturated rings. The third-order valence-electron chi connectivity index (χ3n) is 1.63. The molecule has 0 amide bonds. The molecule has 1 aromatic carbocycles. The summed E-state index contributed by atoms with van der Waals surface area (Å²) < 4.78 is 12.3. The SMILES string of the molecule is FCc1cccc2c1[N]C=N2. The molecular formula is C8H6FN2. The van der Waals surface area contributed by atoms with E-state index < -0.39 is 6.67 Å². The molecule has 0 bridgehead atoms. The molecule has 1 radical (unpaired) electrons. The highest BCUT2D eigenvalue weighted by atomic mass is 19.1. The average molecular weight is 149 g/mol. The number of para-hydroxylation sites is 1. The van der Waals surface area contributed by atoms with Gasteiger partial charge in [-0.1, -0.05) is 12.1 Å². The van der Waals surface area contributed by atoms with Crippen molar-refractivity contribution in [1.29, 1.82) is 0 Å². The van der Waals surface area contributed by atoms with Crippen molar-refractivity contribution >= 4 is 17.7 Å². The van der Waals surface area contributed by atoms with Crippen LogP contribution in [0.15, 0.2) is 23.2 Å². The van der Waals surface area contributed by atoms with Crippen molar-refractivity contribution in [2.24, 2.45) is 4.99 Å². The maximum absolute atomic E-state index is 12.3. The van der Waals surface area contributed by atoms with Crippen LogP contribution in [-0.4, -0.2) is 6.34 Å². The fourth-order valence-electron chi connectivity index (χ4n) is 1.09. The average Bonchev–Trinajstić information content (AvgIpc) is 2.50. The number of nitrogens with zero attached hydrogens (tertiary/aromatic N) is 2. The third-order valence-corrected chi connectivity index (χ3v) is 1.63. The van der Waals surface area contributed by atoms with Crippen LogP contribution in [0.1, 0.15) is 5.56 Å². The van der Waals surface area contributed by atoms with E-state index in [9.17, 15) is 4.39 Å². The van der Waals surface area contributed by atoms with Crippen LogP contribution in [-0.2, 0) is 6.67 Å². The summed E-state index contributed by atoms with van der Waals surface area (Å²) in [5.41, 5.74) is 2.05. The first-order chi connectivity index (χ1) is 5.42. The van der Waals surface area contributed by atoms with Gasteiger partial charge in [0, 0.05) is 5.56 Å². The van der Waals surface area contributed by atoms with Crippen LogP contribution in [0, 0.1) is 0 Å². The van der Waals surface area contributed by atoms with E-state index in [2.05, 4.69) is 10.3 Å². The molecule has 11 heavy (non-hydrogen) atoms. The summed E-state index contributed by atoms with van der Waals surface area (Å²) in [5, 5.41) is 3.94. The summed E-state index contributed by atoms with van der Waals surface area (Å²) in [7, 11) is 0. The number of rotatable bonds is 1. The normalized spacial score (nSPS) is 12.8. The summed E-state index contributed by atoms with van der Waals surface area (Å²) in [5.74, 6) is 0. The van der Waals surface area contributed by atoms with Crippen LogP contribution in [0.25, 0.3) is 0 Å². The molecule has 1 aromatic rings. The highest BCUT2D eigenvalue weighted by Gasteiger charge is 2.11. The Morgan fingerprint density at radius 2 is 2.27 bits per heavy atom. The maximum atomic E-state index is 12.3. The predicted molar refractivity (Wildman–Crippen MR) is 41.2 cm³/mol. The Balaban J connectivity index is 2.55. The van der Waals surface area contributed by atoms with Gasteiger partial charge in [-0.15, -0.1) is 0 Å². The molecule has 3 heteroatoms. The molecular weight excluding hydrogens is 143 g/mol. The van der Waals surface area contributed by atoms with E-state index in [4.69, 9.17) is 0 Å². The van der Waals surface area contributed by atoms with E-state index in [0.29, 0.717) is 11.3 Å². The Labute approximate surface area is 63.8 Å². The first kappa shape index (κ1) is 6.34. The monoisotopic (exact) mass is 149 g/mol. The van der Waals surface area contributed by atoms with Gasteiger partial charge in [0.25, 0.3) is 0 Å². The zero-order valence-corrected chi connectivity index (χ0v) is 5.79. The standard InChI is InChI=1S/C8H6FN2/c9-4-6-2-1-3-7-8(6)11-5-10-7/h1-3,5H,4H2. The number of fused-ring (bicyclic) bond motifs is 1. The van der Waals surface area contributed by atoms with Gasteiger partial charge in [0.15, 0.2) is 0 Å². The number of halogens is 1. The molecule has 2 rings (SSSR count). The lowest BCUT2D eigenvalue weighted by molar-refractivity contribution is 0.485. The number of aliphatic imine (C=N–C) groups is 1. The lowest BCUT2D eigenvalue weighted by atomic mass is 10.2. The van der Waals surface area contributed by atoms with Gasteiger partial charge in [-0.05, 0) is 6.07 Å². The van der Waals surface area contributed by atoms with E-state index in [1.807, 2.05) is 6.07 Å². The second kappa shape index (κ2) is 2.34. The molecule has 0 aliphatic carbocycles. The van der Waals surface area contributed by atoms with E-state index >= 15 is 0 Å². The zero-order valence-electron chi connectivity index (χ0n) is 5.79. The number of hydrogen-bond donors (Lipinski definition) is 0. The second-order valence-corrected chi connectivity index (χ2v) is 2.29. The Hall–Kier alpha value is -1.38. The van der Waals surface area contributed by atoms with Crippen LogP contribution in [0.4, 0.5) is 15.8 Å². The van der Waals surface area contributed by atoms with Crippen LogP contribution in [0.3, 0.4) is 0 Å². The second-order valence-electron chi connectivity index (χ2n) is 2.29. The highest BCUT2D eigenvalue weighted by molar-refractivity contribution is 5.83. The van der Waals surface area contributed by atoms with Crippen LogP contribution in [0.2, 0.25) is 0 Å². The predicted octanol–water partition coefficient (Wildman–Crippen LogP) is 2.07. The maximum Gasteiger partial charge on any atom is 0.117 e. The van der Waals surface area contributed by atoms with Gasteiger partial charge >= 0.3 is 0 Å². The molecule has 0 saturated heterocycles. The van der Waals surface area contributed by atoms with E-state index in [1.54, 1.807) is 12.1 Å². The van der Waals surface area contributed by atoms with Crippen molar-refractivity contribution in [3.8, 4) is 0 Å². The molecule has 0 N–H and O–H groups in total.